The summed E-state index contributed by atoms with van der Waals surface area (Å²) in [7, 11) is -10.3. The lowest BCUT2D eigenvalue weighted by Crippen LogP contribution is -2.09. The number of aryl methyl sites for hydroxylation is 1. The van der Waals surface area contributed by atoms with Gasteiger partial charge in [0.1, 0.15) is 25.9 Å². The van der Waals surface area contributed by atoms with E-state index in [1.165, 1.54) is 0 Å². The molecule has 0 unspecified atom stereocenters. The number of rotatable bonds is 5. The van der Waals surface area contributed by atoms with Crippen LogP contribution in [0.4, 0.5) is 17.1 Å². The van der Waals surface area contributed by atoms with Crippen molar-refractivity contribution in [2.45, 2.75) is 23.6 Å². The Kier molecular flexibility index (Phi) is 6.02. The third-order valence-corrected chi connectivity index (χ3v) is 6.03. The van der Waals surface area contributed by atoms with Crippen molar-refractivity contribution >= 4 is 54.0 Å². The third-order valence-electron chi connectivity index (χ3n) is 4.37. The predicted octanol–water partition coefficient (Wildman–Crippen LogP) is 3.04. The number of nitrogens with one attached hydrogen (secondary N) is 1. The molecule has 0 fully saturated rings. The first-order chi connectivity index (χ1) is 14.8. The average Bonchev–Trinajstić information content (AvgIpc) is 2.66. The lowest BCUT2D eigenvalue weighted by molar-refractivity contribution is -0.114. The van der Waals surface area contributed by atoms with Gasteiger partial charge < -0.3 is 19.5 Å². The zero-order chi connectivity index (χ0) is 23.8. The molecule has 0 aliphatic rings. The molecule has 13 heteroatoms. The molecule has 168 valence electrons. The maximum absolute atomic E-state index is 11.9. The van der Waals surface area contributed by atoms with Gasteiger partial charge in [-0.15, -0.1) is 5.11 Å². The molecule has 0 aliphatic carbocycles. The average molecular weight is 477 g/mol. The van der Waals surface area contributed by atoms with Crippen LogP contribution in [0.15, 0.2) is 62.5 Å². The second-order valence-corrected chi connectivity index (χ2v) is 9.44. The zero-order valence-corrected chi connectivity index (χ0v) is 18.2. The molecule has 0 radical (unpaired) electrons. The summed E-state index contributed by atoms with van der Waals surface area (Å²) in [6.45, 7) is 2.80. The Labute approximate surface area is 182 Å². The minimum atomic E-state index is -5.22. The summed E-state index contributed by atoms with van der Waals surface area (Å²) in [4.78, 5) is 9.78. The fourth-order valence-electron chi connectivity index (χ4n) is 2.96. The van der Waals surface area contributed by atoms with E-state index in [9.17, 15) is 35.8 Å². The Balaban J connectivity index is 2.42. The molecule has 2 N–H and O–H groups in total. The van der Waals surface area contributed by atoms with Gasteiger partial charge in [-0.2, -0.15) is 5.11 Å². The highest BCUT2D eigenvalue weighted by Crippen LogP contribution is 2.45. The Morgan fingerprint density at radius 3 is 2.22 bits per heavy atom. The fraction of sp³-hybridized carbons (Fsp3) is 0.105. The molecular weight excluding hydrogens is 462 g/mol. The van der Waals surface area contributed by atoms with Gasteiger partial charge in [-0.05, 0) is 42.1 Å². The Bertz CT molecular complexity index is 1500. The van der Waals surface area contributed by atoms with Gasteiger partial charge in [-0.3, -0.25) is 4.79 Å². The van der Waals surface area contributed by atoms with Crippen molar-refractivity contribution in [1.29, 1.82) is 0 Å². The summed E-state index contributed by atoms with van der Waals surface area (Å²) in [5.41, 5.74) is -0.00684. The van der Waals surface area contributed by atoms with E-state index in [4.69, 9.17) is 0 Å². The van der Waals surface area contributed by atoms with Crippen molar-refractivity contribution in [1.82, 2.24) is 0 Å². The maximum Gasteiger partial charge on any atom is 0.221 e. The summed E-state index contributed by atoms with van der Waals surface area (Å²) in [5, 5.41) is 20.2. The zero-order valence-electron chi connectivity index (χ0n) is 16.6. The van der Waals surface area contributed by atoms with Crippen LogP contribution < -0.4 is 5.32 Å². The fourth-order valence-corrected chi connectivity index (χ4v) is 4.14. The van der Waals surface area contributed by atoms with Crippen molar-refractivity contribution in [3.63, 3.8) is 0 Å². The number of benzene rings is 3. The molecule has 0 bridgehead atoms. The number of hydrogen-bond donors (Lipinski definition) is 2. The number of carbonyl (C=O) groups is 1. The molecule has 0 saturated carbocycles. The van der Waals surface area contributed by atoms with Gasteiger partial charge in [0.25, 0.3) is 0 Å². The molecule has 3 aromatic rings. The van der Waals surface area contributed by atoms with Crippen LogP contribution in [0.1, 0.15) is 12.5 Å². The molecular formula is C19H15N3O8S2-2. The first-order valence-corrected chi connectivity index (χ1v) is 11.6. The molecule has 32 heavy (non-hydrogen) atoms. The highest BCUT2D eigenvalue weighted by molar-refractivity contribution is 7.86. The second kappa shape index (κ2) is 8.27. The molecule has 0 aliphatic heterocycles. The van der Waals surface area contributed by atoms with Crippen molar-refractivity contribution in [2.24, 2.45) is 10.2 Å². The smallest absolute Gasteiger partial charge is 0.221 e. The lowest BCUT2D eigenvalue weighted by Gasteiger charge is -2.18. The number of anilines is 1. The molecule has 0 atom stereocenters. The first-order valence-electron chi connectivity index (χ1n) is 8.79. The van der Waals surface area contributed by atoms with Crippen molar-refractivity contribution in [2.75, 3.05) is 5.32 Å². The van der Waals surface area contributed by atoms with Gasteiger partial charge in [-0.25, -0.2) is 16.8 Å². The highest BCUT2D eigenvalue weighted by atomic mass is 32.2. The standard InChI is InChI=1S/C19H17N3O8S2/c1-10-5-3-4-6-14(10)21-22-18-16(32(28,29)30)8-12-7-13(31(25,26)27)9-15(20-11(2)23)17(12)19(18)24/h3-9,24H,1-2H3,(H,20,23)(H,25,26,27)(H,28,29,30)/p-2. The summed E-state index contributed by atoms with van der Waals surface area (Å²) >= 11 is 0. The van der Waals surface area contributed by atoms with Crippen LogP contribution in [0.25, 0.3) is 10.8 Å². The van der Waals surface area contributed by atoms with E-state index in [1.54, 1.807) is 31.2 Å². The minimum Gasteiger partial charge on any atom is -0.744 e. The van der Waals surface area contributed by atoms with E-state index in [1.807, 2.05) is 0 Å². The van der Waals surface area contributed by atoms with Crippen LogP contribution >= 0.6 is 0 Å². The molecule has 1 amide bonds. The molecule has 11 nitrogen and oxygen atoms in total. The number of carbonyl (C=O) groups excluding carboxylic acids is 1. The molecule has 0 spiro atoms. The minimum absolute atomic E-state index is 0.237. The summed E-state index contributed by atoms with van der Waals surface area (Å²) in [5.74, 6) is -1.53. The normalized spacial score (nSPS) is 12.4. The van der Waals surface area contributed by atoms with Crippen LogP contribution in [0.2, 0.25) is 0 Å². The van der Waals surface area contributed by atoms with E-state index in [0.29, 0.717) is 11.3 Å². The highest BCUT2D eigenvalue weighted by Gasteiger charge is 2.22. The molecule has 0 saturated heterocycles. The van der Waals surface area contributed by atoms with Crippen LogP contribution in [-0.4, -0.2) is 37.0 Å². The molecule has 0 aromatic heterocycles. The van der Waals surface area contributed by atoms with E-state index < -0.39 is 47.4 Å². The van der Waals surface area contributed by atoms with Gasteiger partial charge in [0.2, 0.25) is 5.91 Å². The lowest BCUT2D eigenvalue weighted by atomic mass is 10.1. The van der Waals surface area contributed by atoms with Gasteiger partial charge in [0.05, 0.1) is 21.2 Å². The topological polar surface area (TPSA) is 188 Å². The Morgan fingerprint density at radius 1 is 1.00 bits per heavy atom. The van der Waals surface area contributed by atoms with Crippen LogP contribution in [0.3, 0.4) is 0 Å². The number of amides is 1. The SMILES string of the molecule is CC(=O)Nc1cc(S(=O)(=O)[O-])cc2cc(S(=O)(=O)[O-])c(N=Nc3ccccc3C)c(O)c12. The van der Waals surface area contributed by atoms with Crippen molar-refractivity contribution in [3.8, 4) is 5.75 Å². The number of aromatic hydroxyl groups is 1. The van der Waals surface area contributed by atoms with E-state index in [0.717, 1.165) is 25.1 Å². The van der Waals surface area contributed by atoms with Gasteiger partial charge in [-0.1, -0.05) is 18.2 Å². The monoisotopic (exact) mass is 477 g/mol. The van der Waals surface area contributed by atoms with Gasteiger partial charge in [0.15, 0.2) is 5.75 Å². The predicted molar refractivity (Wildman–Crippen MR) is 111 cm³/mol. The third kappa shape index (κ3) is 4.75. The number of hydrogen-bond acceptors (Lipinski definition) is 10. The van der Waals surface area contributed by atoms with E-state index in [2.05, 4.69) is 15.5 Å². The number of phenolic OH excluding ortho intramolecular Hbond substituents is 1. The molecule has 0 heterocycles. The van der Waals surface area contributed by atoms with Gasteiger partial charge >= 0.3 is 0 Å². The maximum atomic E-state index is 11.9. The van der Waals surface area contributed by atoms with Crippen molar-refractivity contribution < 1.29 is 35.8 Å². The van der Waals surface area contributed by atoms with Crippen LogP contribution in [-0.2, 0) is 25.0 Å². The summed E-state index contributed by atoms with van der Waals surface area (Å²) < 4.78 is 70.0. The number of phenols is 1. The van der Waals surface area contributed by atoms with E-state index >= 15 is 0 Å². The van der Waals surface area contributed by atoms with Gasteiger partial charge in [0, 0.05) is 12.3 Å². The Hall–Kier alpha value is -3.39. The molecule has 3 aromatic carbocycles. The number of azo groups is 1. The van der Waals surface area contributed by atoms with Crippen molar-refractivity contribution in [3.05, 3.63) is 48.0 Å². The summed E-state index contributed by atoms with van der Waals surface area (Å²) in [6, 6.07) is 8.99. The van der Waals surface area contributed by atoms with E-state index in [-0.39, 0.29) is 16.5 Å². The Morgan fingerprint density at radius 2 is 1.66 bits per heavy atom. The number of fused-ring (bicyclic) bond motifs is 1. The largest absolute Gasteiger partial charge is 0.744 e. The second-order valence-electron chi connectivity index (χ2n) is 6.72. The molecule has 3 rings (SSSR count). The van der Waals surface area contributed by atoms with Crippen LogP contribution in [0, 0.1) is 6.92 Å². The quantitative estimate of drug-likeness (QED) is 0.414. The number of nitrogens with zero attached hydrogens (tertiary/aromatic N) is 2. The van der Waals surface area contributed by atoms with Crippen LogP contribution in [0.5, 0.6) is 5.75 Å². The first kappa shape index (κ1) is 23.3. The summed E-state index contributed by atoms with van der Waals surface area (Å²) in [6.07, 6.45) is 0.